The van der Waals surface area contributed by atoms with Crippen LogP contribution in [0.15, 0.2) is 59.7 Å². The summed E-state index contributed by atoms with van der Waals surface area (Å²) < 4.78 is 0. The molecular weight excluding hydrogens is 336 g/mol. The fourth-order valence-corrected chi connectivity index (χ4v) is 3.41. The van der Waals surface area contributed by atoms with Gasteiger partial charge in [-0.05, 0) is 61.4 Å². The van der Waals surface area contributed by atoms with Gasteiger partial charge in [0.05, 0.1) is 11.4 Å². The molecule has 5 nitrogen and oxygen atoms in total. The lowest BCUT2D eigenvalue weighted by Gasteiger charge is -2.16. The van der Waals surface area contributed by atoms with Crippen LogP contribution in [0.1, 0.15) is 46.9 Å². The van der Waals surface area contributed by atoms with Gasteiger partial charge in [-0.3, -0.25) is 9.89 Å². The van der Waals surface area contributed by atoms with Crippen LogP contribution in [-0.2, 0) is 12.8 Å². The highest BCUT2D eigenvalue weighted by molar-refractivity contribution is 6.00. The van der Waals surface area contributed by atoms with Crippen LogP contribution in [0.2, 0.25) is 0 Å². The van der Waals surface area contributed by atoms with Gasteiger partial charge in [0.2, 0.25) is 0 Å². The topological polar surface area (TPSA) is 70.1 Å². The Bertz CT molecular complexity index is 989. The van der Waals surface area contributed by atoms with Crippen molar-refractivity contribution in [3.63, 3.8) is 0 Å². The summed E-state index contributed by atoms with van der Waals surface area (Å²) in [5.41, 5.74) is 9.38. The third-order valence-corrected chi connectivity index (χ3v) is 4.98. The summed E-state index contributed by atoms with van der Waals surface area (Å²) in [6.07, 6.45) is 4.79. The number of aryl methyl sites for hydroxylation is 2. The van der Waals surface area contributed by atoms with Crippen LogP contribution in [0.5, 0.6) is 0 Å². The molecule has 3 aromatic rings. The van der Waals surface area contributed by atoms with Crippen LogP contribution in [0.3, 0.4) is 0 Å². The molecule has 0 bridgehead atoms. The van der Waals surface area contributed by atoms with Gasteiger partial charge in [0.1, 0.15) is 5.69 Å². The number of nitrogens with one attached hydrogen (secondary N) is 2. The van der Waals surface area contributed by atoms with E-state index in [1.54, 1.807) is 6.07 Å². The SMILES string of the molecule is C/C(=N\NC(=O)c1cc(-c2ccccc2)n[nH]1)c1ccc2c(c1)CCCC2. The lowest BCUT2D eigenvalue weighted by molar-refractivity contribution is 0.0950. The van der Waals surface area contributed by atoms with Crippen molar-refractivity contribution in [1.29, 1.82) is 0 Å². The Morgan fingerprint density at radius 2 is 1.81 bits per heavy atom. The predicted octanol–water partition coefficient (Wildman–Crippen LogP) is 4.11. The van der Waals surface area contributed by atoms with Crippen molar-refractivity contribution < 1.29 is 4.79 Å². The molecule has 1 aliphatic carbocycles. The Kier molecular flexibility index (Phi) is 4.83. The summed E-state index contributed by atoms with van der Waals surface area (Å²) in [7, 11) is 0. The fourth-order valence-electron chi connectivity index (χ4n) is 3.41. The number of aromatic nitrogens is 2. The second-order valence-electron chi connectivity index (χ2n) is 6.86. The van der Waals surface area contributed by atoms with E-state index in [4.69, 9.17) is 0 Å². The minimum absolute atomic E-state index is 0.304. The molecule has 1 heterocycles. The van der Waals surface area contributed by atoms with E-state index < -0.39 is 0 Å². The number of hydrogen-bond acceptors (Lipinski definition) is 3. The Morgan fingerprint density at radius 3 is 2.63 bits per heavy atom. The van der Waals surface area contributed by atoms with Crippen LogP contribution in [0, 0.1) is 0 Å². The average molecular weight is 358 g/mol. The molecular formula is C22H22N4O. The number of hydrazone groups is 1. The van der Waals surface area contributed by atoms with Gasteiger partial charge in [-0.2, -0.15) is 10.2 Å². The second kappa shape index (κ2) is 7.58. The molecule has 0 saturated heterocycles. The first-order chi connectivity index (χ1) is 13.2. The number of H-pyrrole nitrogens is 1. The van der Waals surface area contributed by atoms with Crippen LogP contribution in [0.4, 0.5) is 0 Å². The van der Waals surface area contributed by atoms with Crippen molar-refractivity contribution in [1.82, 2.24) is 15.6 Å². The first-order valence-corrected chi connectivity index (χ1v) is 9.28. The summed E-state index contributed by atoms with van der Waals surface area (Å²) >= 11 is 0. The van der Waals surface area contributed by atoms with Crippen molar-refractivity contribution in [2.24, 2.45) is 5.10 Å². The summed E-state index contributed by atoms with van der Waals surface area (Å²) in [5.74, 6) is -0.304. The summed E-state index contributed by atoms with van der Waals surface area (Å²) in [4.78, 5) is 12.4. The monoisotopic (exact) mass is 358 g/mol. The molecule has 5 heteroatoms. The third-order valence-electron chi connectivity index (χ3n) is 4.98. The average Bonchev–Trinajstić information content (AvgIpc) is 3.22. The first-order valence-electron chi connectivity index (χ1n) is 9.28. The smallest absolute Gasteiger partial charge is 0.272 e. The number of hydrogen-bond donors (Lipinski definition) is 2. The number of carbonyl (C=O) groups is 1. The van der Waals surface area contributed by atoms with Gasteiger partial charge in [0.15, 0.2) is 0 Å². The first kappa shape index (κ1) is 17.2. The van der Waals surface area contributed by atoms with E-state index in [0.717, 1.165) is 35.4 Å². The van der Waals surface area contributed by atoms with Gasteiger partial charge in [-0.1, -0.05) is 42.5 Å². The number of aromatic amines is 1. The van der Waals surface area contributed by atoms with Crippen LogP contribution < -0.4 is 5.43 Å². The molecule has 0 radical (unpaired) electrons. The number of carbonyl (C=O) groups excluding carboxylic acids is 1. The standard InChI is InChI=1S/C22H22N4O/c1-15(18-12-11-16-7-5-6-10-19(16)13-18)23-26-22(27)21-14-20(24-25-21)17-8-3-2-4-9-17/h2-4,8-9,11-14H,5-7,10H2,1H3,(H,24,25)(H,26,27)/b23-15+. The normalized spacial score (nSPS) is 13.9. The maximum atomic E-state index is 12.4. The number of benzene rings is 2. The lowest BCUT2D eigenvalue weighted by atomic mass is 9.90. The Labute approximate surface area is 158 Å². The van der Waals surface area contributed by atoms with Gasteiger partial charge in [0.25, 0.3) is 5.91 Å². The van der Waals surface area contributed by atoms with Gasteiger partial charge in [-0.25, -0.2) is 5.43 Å². The van der Waals surface area contributed by atoms with E-state index in [9.17, 15) is 4.79 Å². The minimum atomic E-state index is -0.304. The van der Waals surface area contributed by atoms with E-state index in [2.05, 4.69) is 38.9 Å². The van der Waals surface area contributed by atoms with Crippen LogP contribution in [0.25, 0.3) is 11.3 Å². The van der Waals surface area contributed by atoms with Crippen molar-refractivity contribution in [3.8, 4) is 11.3 Å². The molecule has 1 aliphatic rings. The van der Waals surface area contributed by atoms with E-state index >= 15 is 0 Å². The second-order valence-corrected chi connectivity index (χ2v) is 6.86. The zero-order valence-corrected chi connectivity index (χ0v) is 15.3. The maximum absolute atomic E-state index is 12.4. The Balaban J connectivity index is 1.46. The molecule has 2 N–H and O–H groups in total. The van der Waals surface area contributed by atoms with Gasteiger partial charge < -0.3 is 0 Å². The number of rotatable bonds is 4. The van der Waals surface area contributed by atoms with Crippen molar-refractivity contribution in [3.05, 3.63) is 77.0 Å². The molecule has 4 rings (SSSR count). The molecule has 0 fully saturated rings. The molecule has 27 heavy (non-hydrogen) atoms. The van der Waals surface area contributed by atoms with E-state index in [1.807, 2.05) is 37.3 Å². The molecule has 1 aromatic heterocycles. The molecule has 0 saturated carbocycles. The molecule has 136 valence electrons. The zero-order valence-electron chi connectivity index (χ0n) is 15.3. The fraction of sp³-hybridized carbons (Fsp3) is 0.227. The van der Waals surface area contributed by atoms with Crippen molar-refractivity contribution >= 4 is 11.6 Å². The molecule has 0 unspecified atom stereocenters. The van der Waals surface area contributed by atoms with Crippen molar-refractivity contribution in [2.45, 2.75) is 32.6 Å². The Hall–Kier alpha value is -3.21. The highest BCUT2D eigenvalue weighted by Crippen LogP contribution is 2.22. The van der Waals surface area contributed by atoms with Crippen LogP contribution in [-0.4, -0.2) is 21.8 Å². The summed E-state index contributed by atoms with van der Waals surface area (Å²) in [5, 5.41) is 11.3. The molecule has 0 spiro atoms. The molecule has 2 aromatic carbocycles. The number of fused-ring (bicyclic) bond motifs is 1. The summed E-state index contributed by atoms with van der Waals surface area (Å²) in [6.45, 7) is 1.91. The van der Waals surface area contributed by atoms with E-state index in [-0.39, 0.29) is 5.91 Å². The largest absolute Gasteiger partial charge is 0.289 e. The minimum Gasteiger partial charge on any atom is -0.272 e. The van der Waals surface area contributed by atoms with E-state index in [1.165, 1.54) is 24.0 Å². The highest BCUT2D eigenvalue weighted by atomic mass is 16.2. The maximum Gasteiger partial charge on any atom is 0.289 e. The quantitative estimate of drug-likeness (QED) is 0.544. The van der Waals surface area contributed by atoms with Crippen molar-refractivity contribution in [2.75, 3.05) is 0 Å². The molecule has 1 amide bonds. The van der Waals surface area contributed by atoms with Gasteiger partial charge in [-0.15, -0.1) is 0 Å². The van der Waals surface area contributed by atoms with Gasteiger partial charge in [0, 0.05) is 5.56 Å². The molecule has 0 atom stereocenters. The number of amides is 1. The summed E-state index contributed by atoms with van der Waals surface area (Å²) in [6, 6.07) is 17.9. The Morgan fingerprint density at radius 1 is 1.04 bits per heavy atom. The van der Waals surface area contributed by atoms with Crippen LogP contribution >= 0.6 is 0 Å². The van der Waals surface area contributed by atoms with Gasteiger partial charge >= 0.3 is 0 Å². The predicted molar refractivity (Wildman–Crippen MR) is 107 cm³/mol. The zero-order chi connectivity index (χ0) is 18.6. The third kappa shape index (κ3) is 3.82. The molecule has 0 aliphatic heterocycles. The van der Waals surface area contributed by atoms with E-state index in [0.29, 0.717) is 5.69 Å². The lowest BCUT2D eigenvalue weighted by Crippen LogP contribution is -2.19. The number of nitrogens with zero attached hydrogens (tertiary/aromatic N) is 2. The highest BCUT2D eigenvalue weighted by Gasteiger charge is 2.12.